The van der Waals surface area contributed by atoms with Crippen LogP contribution in [0.3, 0.4) is 0 Å². The molecule has 4 nitrogen and oxygen atoms in total. The lowest BCUT2D eigenvalue weighted by Crippen LogP contribution is -2.43. The summed E-state index contributed by atoms with van der Waals surface area (Å²) in [6.45, 7) is 3.02. The van der Waals surface area contributed by atoms with E-state index in [-0.39, 0.29) is 5.41 Å². The van der Waals surface area contributed by atoms with Crippen LogP contribution in [-0.2, 0) is 11.2 Å². The van der Waals surface area contributed by atoms with Crippen molar-refractivity contribution in [2.75, 3.05) is 18.5 Å². The highest BCUT2D eigenvalue weighted by Crippen LogP contribution is 2.63. The number of fused-ring (bicyclic) bond motifs is 2. The van der Waals surface area contributed by atoms with Gasteiger partial charge in [0.15, 0.2) is 7.05 Å². The van der Waals surface area contributed by atoms with Crippen molar-refractivity contribution < 1.29 is 9.55 Å². The van der Waals surface area contributed by atoms with E-state index in [2.05, 4.69) is 13.0 Å². The molecule has 130 valence electrons. The van der Waals surface area contributed by atoms with Gasteiger partial charge in [-0.05, 0) is 61.5 Å². The third-order valence-corrected chi connectivity index (χ3v) is 7.04. The van der Waals surface area contributed by atoms with Crippen molar-refractivity contribution in [2.24, 2.45) is 23.2 Å². The van der Waals surface area contributed by atoms with Crippen LogP contribution in [0.1, 0.15) is 38.2 Å². The van der Waals surface area contributed by atoms with Crippen molar-refractivity contribution in [2.45, 2.75) is 39.0 Å². The van der Waals surface area contributed by atoms with Crippen molar-refractivity contribution >= 4 is 17.3 Å². The Hall–Kier alpha value is -1.97. The van der Waals surface area contributed by atoms with E-state index in [4.69, 9.17) is 0 Å². The number of rotatable bonds is 2. The van der Waals surface area contributed by atoms with Crippen LogP contribution in [0.25, 0.3) is 0 Å². The summed E-state index contributed by atoms with van der Waals surface area (Å²) < 4.78 is 0.887. The molecule has 5 rings (SSSR count). The van der Waals surface area contributed by atoms with E-state index in [0.29, 0.717) is 23.4 Å². The fraction of sp³-hybridized carbons (Fsp3) is 0.571. The number of benzene rings is 1. The molecule has 2 fully saturated rings. The van der Waals surface area contributed by atoms with Crippen LogP contribution in [0.4, 0.5) is 11.4 Å². The fourth-order valence-electron chi connectivity index (χ4n) is 6.00. The second-order valence-electron chi connectivity index (χ2n) is 8.70. The molecule has 0 N–H and O–H groups in total. The third-order valence-electron chi connectivity index (χ3n) is 7.04. The molecule has 0 aromatic heterocycles. The van der Waals surface area contributed by atoms with E-state index in [1.54, 1.807) is 5.57 Å². The van der Waals surface area contributed by atoms with Gasteiger partial charge >= 0.3 is 0 Å². The zero-order valence-electron chi connectivity index (χ0n) is 15.0. The maximum Gasteiger partial charge on any atom is 0.256 e. The highest BCUT2D eigenvalue weighted by atomic mass is 16.3. The van der Waals surface area contributed by atoms with Gasteiger partial charge in [0.25, 0.3) is 5.69 Å². The van der Waals surface area contributed by atoms with Gasteiger partial charge in [-0.15, -0.1) is 0 Å². The quantitative estimate of drug-likeness (QED) is 0.604. The molecular formula is C21H25N2O2+. The zero-order valence-corrected chi connectivity index (χ0v) is 15.0. The molecule has 0 spiro atoms. The number of nitrogens with zero attached hydrogens (tertiary/aromatic N) is 2. The maximum atomic E-state index is 13.7. The minimum atomic E-state index is -0.168. The Morgan fingerprint density at radius 2 is 2.12 bits per heavy atom. The lowest BCUT2D eigenvalue weighted by Gasteiger charge is -2.37. The molecule has 1 aromatic rings. The van der Waals surface area contributed by atoms with E-state index < -0.39 is 0 Å². The molecule has 4 aliphatic rings. The van der Waals surface area contributed by atoms with Crippen LogP contribution in [0, 0.1) is 28.1 Å². The van der Waals surface area contributed by atoms with Crippen LogP contribution in [0.5, 0.6) is 0 Å². The van der Waals surface area contributed by atoms with E-state index in [0.717, 1.165) is 54.2 Å². The second kappa shape index (κ2) is 5.03. The number of amides is 1. The minimum absolute atomic E-state index is 0.168. The first-order valence-corrected chi connectivity index (χ1v) is 9.53. The highest BCUT2D eigenvalue weighted by Gasteiger charge is 2.58. The van der Waals surface area contributed by atoms with E-state index in [1.165, 1.54) is 13.5 Å². The van der Waals surface area contributed by atoms with Crippen LogP contribution >= 0.6 is 0 Å². The number of nitroso groups, excluding NO2 is 1. The predicted octanol–water partition coefficient (Wildman–Crippen LogP) is 4.00. The summed E-state index contributed by atoms with van der Waals surface area (Å²) in [6.07, 6.45) is 7.65. The first-order chi connectivity index (χ1) is 12.0. The van der Waals surface area contributed by atoms with E-state index in [1.807, 2.05) is 23.1 Å². The summed E-state index contributed by atoms with van der Waals surface area (Å²) in [5.41, 5.74) is 4.27. The Bertz CT molecular complexity index is 827. The van der Waals surface area contributed by atoms with Crippen molar-refractivity contribution in [3.8, 4) is 0 Å². The topological polar surface area (TPSA) is 40.4 Å². The predicted molar refractivity (Wildman–Crippen MR) is 96.8 cm³/mol. The summed E-state index contributed by atoms with van der Waals surface area (Å²) in [7, 11) is 1.52. The number of hydrogen-bond acceptors (Lipinski definition) is 2. The summed E-state index contributed by atoms with van der Waals surface area (Å²) in [5, 5.41) is 0. The third kappa shape index (κ3) is 2.09. The Kier molecular flexibility index (Phi) is 3.08. The molecule has 1 aromatic carbocycles. The van der Waals surface area contributed by atoms with Crippen molar-refractivity contribution in [3.63, 3.8) is 0 Å². The van der Waals surface area contributed by atoms with Crippen LogP contribution in [0.2, 0.25) is 0 Å². The molecule has 1 heterocycles. The first kappa shape index (κ1) is 15.3. The zero-order chi connectivity index (χ0) is 17.3. The van der Waals surface area contributed by atoms with E-state index >= 15 is 0 Å². The van der Waals surface area contributed by atoms with Gasteiger partial charge < -0.3 is 4.90 Å². The number of carbonyl (C=O) groups is 1. The molecule has 0 radical (unpaired) electrons. The minimum Gasteiger partial charge on any atom is -0.311 e. The van der Waals surface area contributed by atoms with Gasteiger partial charge in [-0.3, -0.25) is 4.79 Å². The largest absolute Gasteiger partial charge is 0.311 e. The maximum absolute atomic E-state index is 13.7. The monoisotopic (exact) mass is 337 g/mol. The molecular weight excluding hydrogens is 312 g/mol. The van der Waals surface area contributed by atoms with Crippen LogP contribution < -0.4 is 4.90 Å². The van der Waals surface area contributed by atoms with Gasteiger partial charge in [0.1, 0.15) is 0 Å². The standard InChI is InChI=1S/C21H25N2O2/c1-13-7-15-8-16-11-21(10-13,12-18(15)16)20(24)23-6-5-14-9-17(22(2)25)3-4-19(14)23/h3-4,7,9,13,16,18H,5-6,8,10-12H2,1-2H3/q+1. The number of allylic oxidation sites excluding steroid dienone is 2. The van der Waals surface area contributed by atoms with Gasteiger partial charge in [-0.2, -0.15) is 0 Å². The second-order valence-corrected chi connectivity index (χ2v) is 8.70. The summed E-state index contributed by atoms with van der Waals surface area (Å²) in [4.78, 5) is 27.2. The van der Waals surface area contributed by atoms with Crippen LogP contribution in [0.15, 0.2) is 29.8 Å². The van der Waals surface area contributed by atoms with Gasteiger partial charge in [0.2, 0.25) is 5.91 Å². The molecule has 1 amide bonds. The average molecular weight is 337 g/mol. The van der Waals surface area contributed by atoms with Gasteiger partial charge in [0, 0.05) is 34.0 Å². The van der Waals surface area contributed by atoms with E-state index in [9.17, 15) is 9.70 Å². The molecule has 2 saturated carbocycles. The van der Waals surface area contributed by atoms with Gasteiger partial charge in [-0.1, -0.05) is 18.6 Å². The molecule has 3 aliphatic carbocycles. The van der Waals surface area contributed by atoms with Gasteiger partial charge in [-0.25, -0.2) is 0 Å². The molecule has 1 aliphatic heterocycles. The first-order valence-electron chi connectivity index (χ1n) is 9.53. The molecule has 4 atom stereocenters. The Morgan fingerprint density at radius 3 is 2.92 bits per heavy atom. The number of carbonyl (C=O) groups excluding carboxylic acids is 1. The number of anilines is 1. The lowest BCUT2D eigenvalue weighted by atomic mass is 9.69. The fourth-order valence-corrected chi connectivity index (χ4v) is 6.00. The summed E-state index contributed by atoms with van der Waals surface area (Å²) in [5.74, 6) is 2.25. The van der Waals surface area contributed by atoms with Crippen LogP contribution in [-0.4, -0.2) is 24.3 Å². The van der Waals surface area contributed by atoms with Crippen molar-refractivity contribution in [1.82, 2.24) is 0 Å². The molecule has 2 bridgehead atoms. The smallest absolute Gasteiger partial charge is 0.256 e. The van der Waals surface area contributed by atoms with Crippen molar-refractivity contribution in [1.29, 1.82) is 0 Å². The lowest BCUT2D eigenvalue weighted by molar-refractivity contribution is -0.428. The normalized spacial score (nSPS) is 34.9. The molecule has 4 unspecified atom stereocenters. The van der Waals surface area contributed by atoms with Crippen molar-refractivity contribution in [3.05, 3.63) is 40.3 Å². The summed E-state index contributed by atoms with van der Waals surface area (Å²) in [6, 6.07) is 5.75. The van der Waals surface area contributed by atoms with Gasteiger partial charge in [0.05, 0.1) is 5.41 Å². The number of hydrogen-bond donors (Lipinski definition) is 0. The summed E-state index contributed by atoms with van der Waals surface area (Å²) >= 11 is 0. The Labute approximate surface area is 148 Å². The average Bonchev–Trinajstić information content (AvgIpc) is 3.07. The highest BCUT2D eigenvalue weighted by molar-refractivity contribution is 6.00. The molecule has 4 heteroatoms. The SMILES string of the molecule is CC1C=C2CC3CC(C(=O)N4CCc5cc([N+](C)=O)ccc54)(C1)CC23. The Morgan fingerprint density at radius 1 is 1.28 bits per heavy atom. The Balaban J connectivity index is 1.48. The molecule has 0 saturated heterocycles. The molecule has 25 heavy (non-hydrogen) atoms.